The summed E-state index contributed by atoms with van der Waals surface area (Å²) in [4.78, 5) is 46.8. The van der Waals surface area contributed by atoms with E-state index in [1.54, 1.807) is 17.0 Å². The predicted molar refractivity (Wildman–Crippen MR) is 321 cm³/mol. The molecule has 0 bridgehead atoms. The summed E-state index contributed by atoms with van der Waals surface area (Å²) in [7, 11) is -0.456. The van der Waals surface area contributed by atoms with Crippen LogP contribution in [0.5, 0.6) is 0 Å². The topological polar surface area (TPSA) is 157 Å². The van der Waals surface area contributed by atoms with Crippen molar-refractivity contribution in [2.45, 2.75) is 71.7 Å². The molecule has 2 heterocycles. The average Bonchev–Trinajstić information content (AvgIpc) is 3.63. The first-order chi connectivity index (χ1) is 39.2. The highest BCUT2D eigenvalue weighted by atomic mass is 32.2. The number of nitrogens with zero attached hydrogens (tertiary/aromatic N) is 6. The Bertz CT molecular complexity index is 3590. The highest BCUT2D eigenvalue weighted by molar-refractivity contribution is 7.89. The molecule has 0 spiro atoms. The van der Waals surface area contributed by atoms with Crippen LogP contribution >= 0.6 is 0 Å². The highest BCUT2D eigenvalue weighted by Crippen LogP contribution is 2.42. The number of aliphatic carboxylic acids is 1. The summed E-state index contributed by atoms with van der Waals surface area (Å²) in [6, 6.07) is 42.0. The van der Waals surface area contributed by atoms with Crippen LogP contribution in [-0.4, -0.2) is 138 Å². The Morgan fingerprint density at radius 3 is 1.94 bits per heavy atom. The van der Waals surface area contributed by atoms with Crippen LogP contribution in [-0.2, 0) is 30.8 Å². The minimum absolute atomic E-state index is 0.0358. The van der Waals surface area contributed by atoms with Crippen LogP contribution in [0, 0.1) is 6.92 Å². The van der Waals surface area contributed by atoms with Crippen molar-refractivity contribution in [3.63, 3.8) is 0 Å². The number of carboxylic acid groups (broad SMARTS) is 1. The molecule has 16 heteroatoms. The van der Waals surface area contributed by atoms with Gasteiger partial charge in [0.2, 0.25) is 16.4 Å². The number of fused-ring (bicyclic) bond motifs is 4. The highest BCUT2D eigenvalue weighted by Gasteiger charge is 2.34. The number of carboxylic acids is 1. The molecule has 2 amide bonds. The lowest BCUT2D eigenvalue weighted by Gasteiger charge is -2.24. The zero-order chi connectivity index (χ0) is 57.6. The third-order valence-corrected chi connectivity index (χ3v) is 17.0. The molecule has 1 aromatic heterocycles. The number of ether oxygens (including phenoxy) is 2. The summed E-state index contributed by atoms with van der Waals surface area (Å²) < 4.78 is 52.4. The molecule has 5 aromatic carbocycles. The number of carbonyl (C=O) groups excluding carboxylic acids is 2. The van der Waals surface area contributed by atoms with Crippen LogP contribution < -0.4 is 19.4 Å². The van der Waals surface area contributed by atoms with Gasteiger partial charge in [-0.25, -0.2) is 17.3 Å². The molecule has 0 unspecified atom stereocenters. The monoisotopic (exact) mass is 1120 g/mol. The molecule has 0 fully saturated rings. The zero-order valence-corrected chi connectivity index (χ0v) is 48.8. The van der Waals surface area contributed by atoms with Crippen molar-refractivity contribution in [2.75, 3.05) is 97.8 Å². The van der Waals surface area contributed by atoms with Crippen LogP contribution in [0.25, 0.3) is 55.2 Å². The Balaban J connectivity index is 0.841. The molecule has 15 nitrogen and oxygen atoms in total. The second kappa shape index (κ2) is 27.8. The molecule has 6 aromatic rings. The van der Waals surface area contributed by atoms with Crippen LogP contribution in [0.1, 0.15) is 79.7 Å². The quantitative estimate of drug-likeness (QED) is 0.0283. The first kappa shape index (κ1) is 59.6. The second-order valence-corrected chi connectivity index (χ2v) is 22.3. The summed E-state index contributed by atoms with van der Waals surface area (Å²) in [5, 5.41) is 12.7. The Kier molecular flexibility index (Phi) is 20.4. The molecule has 0 radical (unpaired) electrons. The number of unbranched alkanes of at least 4 members (excludes halogenated alkanes) is 1. The maximum absolute atomic E-state index is 14.8. The van der Waals surface area contributed by atoms with Gasteiger partial charge < -0.3 is 33.7 Å². The lowest BCUT2D eigenvalue weighted by molar-refractivity contribution is -0.645. The normalized spacial score (nSPS) is 11.8. The van der Waals surface area contributed by atoms with Gasteiger partial charge in [-0.3, -0.25) is 14.4 Å². The van der Waals surface area contributed by atoms with E-state index in [0.717, 1.165) is 117 Å². The minimum atomic E-state index is -4.34. The lowest BCUT2D eigenvalue weighted by Crippen LogP contribution is -2.40. The Morgan fingerprint density at radius 2 is 1.28 bits per heavy atom. The van der Waals surface area contributed by atoms with E-state index in [4.69, 9.17) is 13.9 Å². The zero-order valence-electron chi connectivity index (χ0n) is 48.0. The molecule has 0 atom stereocenters. The fourth-order valence-corrected chi connectivity index (χ4v) is 12.1. The van der Waals surface area contributed by atoms with Crippen molar-refractivity contribution in [3.8, 4) is 22.5 Å². The van der Waals surface area contributed by atoms with Gasteiger partial charge in [0.05, 0.1) is 53.7 Å². The van der Waals surface area contributed by atoms with E-state index in [9.17, 15) is 27.9 Å². The number of amides is 2. The summed E-state index contributed by atoms with van der Waals surface area (Å²) in [5.41, 5.74) is 7.93. The number of anilines is 1. The van der Waals surface area contributed by atoms with Crippen molar-refractivity contribution < 1.29 is 46.4 Å². The number of carbonyl (C=O) groups is 3. The third-order valence-electron chi connectivity index (χ3n) is 15.2. The molecule has 1 N–H and O–H groups in total. The number of benzene rings is 6. The second-order valence-electron chi connectivity index (χ2n) is 20.4. The van der Waals surface area contributed by atoms with Gasteiger partial charge in [-0.1, -0.05) is 60.2 Å². The SMILES string of the molecule is CCN(CC)c1ccc2c(-c3ccccc3C(=O)N(C)CCOCCOCCN(C)CCCC[n+]3c4ccccc4c(C(=O)N(CCCC(=O)O)S(=O)(=O)c4ccc(C)cc4)c4ccccc43)c3ccc(=[N+](CC)CC)cc-3oc2c1. The van der Waals surface area contributed by atoms with Gasteiger partial charge in [0.15, 0.2) is 0 Å². The molecular weight excluding hydrogens is 1040 g/mol. The number of hydrogen-bond acceptors (Lipinski definition) is 10. The fourth-order valence-electron chi connectivity index (χ4n) is 10.7. The molecule has 81 heavy (non-hydrogen) atoms. The standard InChI is InChI=1S/C65H77N6O9S/c1-8-68(9-2)48-30-34-55-59(45-48)80-60-46-49(69(10-3)11-4)31-35-56(60)62(55)51-21-12-13-22-52(51)64(74)67(7)40-42-79-44-43-78-41-39-66(6)36-18-19-37-70-57-25-16-14-23-53(57)63(54-24-15-17-26-58(54)70)65(75)71(38-20-27-61(72)73)81(76,77)50-32-28-47(5)29-33-50/h12-17,21-26,28-35,45-46H,8-11,18-20,27,36-44H2,1-7H3/q+1/p+1. The molecule has 0 saturated heterocycles. The van der Waals surface area contributed by atoms with Crippen LogP contribution in [0.15, 0.2) is 143 Å². The minimum Gasteiger partial charge on any atom is -0.481 e. The Morgan fingerprint density at radius 1 is 0.642 bits per heavy atom. The summed E-state index contributed by atoms with van der Waals surface area (Å²) in [6.07, 6.45) is 1.40. The van der Waals surface area contributed by atoms with Crippen LogP contribution in [0.2, 0.25) is 0 Å². The van der Waals surface area contributed by atoms with Gasteiger partial charge in [-0.15, -0.1) is 0 Å². The smallest absolute Gasteiger partial charge is 0.303 e. The van der Waals surface area contributed by atoms with E-state index in [1.165, 1.54) is 12.1 Å². The fraction of sp³-hybridized carbons (Fsp3) is 0.369. The van der Waals surface area contributed by atoms with E-state index >= 15 is 0 Å². The van der Waals surface area contributed by atoms with Gasteiger partial charge in [-0.05, 0) is 115 Å². The number of aromatic nitrogens is 1. The van der Waals surface area contributed by atoms with Crippen molar-refractivity contribution in [3.05, 3.63) is 156 Å². The van der Waals surface area contributed by atoms with Crippen molar-refractivity contribution in [1.82, 2.24) is 18.7 Å². The van der Waals surface area contributed by atoms with Crippen molar-refractivity contribution >= 4 is 66.3 Å². The first-order valence-corrected chi connectivity index (χ1v) is 29.9. The summed E-state index contributed by atoms with van der Waals surface area (Å²) in [5.74, 6) is -1.10. The molecule has 426 valence electrons. The molecule has 2 aliphatic rings. The Hall–Kier alpha value is -7.50. The molecule has 0 saturated carbocycles. The van der Waals surface area contributed by atoms with E-state index in [-0.39, 0.29) is 35.8 Å². The molecule has 1 aliphatic heterocycles. The number of sulfonamides is 1. The number of para-hydroxylation sites is 2. The third kappa shape index (κ3) is 13.8. The lowest BCUT2D eigenvalue weighted by atomic mass is 9.90. The number of hydrogen-bond donors (Lipinski definition) is 1. The first-order valence-electron chi connectivity index (χ1n) is 28.4. The number of likely N-dealkylation sites (N-methyl/N-ethyl adjacent to an activating group) is 2. The summed E-state index contributed by atoms with van der Waals surface area (Å²) >= 11 is 0. The van der Waals surface area contributed by atoms with E-state index < -0.39 is 21.9 Å². The molecule has 8 rings (SSSR count). The van der Waals surface area contributed by atoms with Crippen molar-refractivity contribution in [1.29, 1.82) is 0 Å². The van der Waals surface area contributed by atoms with Crippen LogP contribution in [0.3, 0.4) is 0 Å². The molecule has 1 aliphatic carbocycles. The average molecular weight is 1120 g/mol. The van der Waals surface area contributed by atoms with Gasteiger partial charge in [-0.2, -0.15) is 4.57 Å². The number of rotatable bonds is 28. The number of pyridine rings is 1. The van der Waals surface area contributed by atoms with E-state index in [1.807, 2.05) is 86.8 Å². The van der Waals surface area contributed by atoms with E-state index in [2.05, 4.69) is 90.1 Å². The van der Waals surface area contributed by atoms with Gasteiger partial charge >= 0.3 is 5.97 Å². The predicted octanol–water partition coefficient (Wildman–Crippen LogP) is 9.98. The van der Waals surface area contributed by atoms with E-state index in [0.29, 0.717) is 55.9 Å². The maximum Gasteiger partial charge on any atom is 0.303 e. The van der Waals surface area contributed by atoms with Crippen molar-refractivity contribution in [2.24, 2.45) is 0 Å². The summed E-state index contributed by atoms with van der Waals surface area (Å²) in [6.45, 7) is 18.0. The van der Waals surface area contributed by atoms with Gasteiger partial charge in [0, 0.05) is 105 Å². The Labute approximate surface area is 476 Å². The maximum atomic E-state index is 14.8. The number of aryl methyl sites for hydroxylation is 2. The largest absolute Gasteiger partial charge is 0.481 e. The molecular formula is C65H78N6O9S+2. The van der Waals surface area contributed by atoms with Gasteiger partial charge in [0.1, 0.15) is 31.0 Å². The van der Waals surface area contributed by atoms with Gasteiger partial charge in [0.25, 0.3) is 21.8 Å². The van der Waals surface area contributed by atoms with Crippen LogP contribution in [0.4, 0.5) is 5.69 Å².